The van der Waals surface area contributed by atoms with Crippen LogP contribution in [-0.4, -0.2) is 9.55 Å². The quantitative estimate of drug-likeness (QED) is 0.162. The van der Waals surface area contributed by atoms with E-state index in [4.69, 9.17) is 4.98 Å². The van der Waals surface area contributed by atoms with E-state index in [1.165, 1.54) is 76.8 Å². The van der Waals surface area contributed by atoms with E-state index in [0.29, 0.717) is 0 Å². The van der Waals surface area contributed by atoms with Gasteiger partial charge in [0.15, 0.2) is 0 Å². The zero-order valence-corrected chi connectivity index (χ0v) is 30.7. The minimum absolute atomic E-state index is 0.934. The summed E-state index contributed by atoms with van der Waals surface area (Å²) in [5, 5.41) is 7.49. The van der Waals surface area contributed by atoms with Crippen LogP contribution in [0.3, 0.4) is 0 Å². The molecule has 2 heteroatoms. The highest BCUT2D eigenvalue weighted by atomic mass is 15.1. The van der Waals surface area contributed by atoms with Gasteiger partial charge in [0.1, 0.15) is 5.82 Å². The van der Waals surface area contributed by atoms with Gasteiger partial charge >= 0.3 is 0 Å². The molecule has 10 aromatic rings. The number of benzene rings is 9. The molecule has 0 aliphatic heterocycles. The summed E-state index contributed by atoms with van der Waals surface area (Å²) in [6.45, 7) is 0. The smallest absolute Gasteiger partial charge is 0.145 e. The van der Waals surface area contributed by atoms with Crippen LogP contribution in [0.15, 0.2) is 194 Å². The molecule has 0 spiro atoms. The van der Waals surface area contributed by atoms with Crippen molar-refractivity contribution >= 4 is 55.5 Å². The van der Waals surface area contributed by atoms with E-state index in [9.17, 15) is 0 Å². The summed E-state index contributed by atoms with van der Waals surface area (Å²) in [5.41, 5.74) is 14.1. The molecule has 0 saturated carbocycles. The molecular weight excluding hydrogens is 677 g/mol. The molecule has 0 bridgehead atoms. The zero-order valence-electron chi connectivity index (χ0n) is 30.7. The molecule has 2 nitrogen and oxygen atoms in total. The minimum Gasteiger partial charge on any atom is -0.292 e. The lowest BCUT2D eigenvalue weighted by molar-refractivity contribution is 1.10. The first kappa shape index (κ1) is 32.2. The Morgan fingerprint density at radius 1 is 0.393 bits per heavy atom. The van der Waals surface area contributed by atoms with E-state index in [2.05, 4.69) is 211 Å². The van der Waals surface area contributed by atoms with Gasteiger partial charge in [0.25, 0.3) is 0 Å². The van der Waals surface area contributed by atoms with E-state index in [1.54, 1.807) is 0 Å². The number of imidazole rings is 1. The lowest BCUT2D eigenvalue weighted by Gasteiger charge is -2.19. The average molecular weight is 713 g/mol. The van der Waals surface area contributed by atoms with E-state index >= 15 is 0 Å². The number of fused-ring (bicyclic) bond motifs is 5. The van der Waals surface area contributed by atoms with Gasteiger partial charge in [-0.2, -0.15) is 0 Å². The van der Waals surface area contributed by atoms with E-state index in [1.807, 2.05) is 0 Å². The van der Waals surface area contributed by atoms with Gasteiger partial charge in [-0.3, -0.25) is 4.57 Å². The molecule has 262 valence electrons. The maximum Gasteiger partial charge on any atom is 0.145 e. The van der Waals surface area contributed by atoms with Gasteiger partial charge in [-0.25, -0.2) is 4.98 Å². The third-order valence-corrected chi connectivity index (χ3v) is 11.4. The van der Waals surface area contributed by atoms with Crippen molar-refractivity contribution in [1.82, 2.24) is 9.55 Å². The standard InChI is InChI=1S/C54H36N2/c1-3-13-36-26-30-44(34-40(36)15-4-1)53-47-20-10-9-19-46(47)52(43-29-25-37-14-7-8-16-41(37)33-43)48-32-31-42(35-49(48)53)38-23-27-39(28-24-38)54-55-50-21-11-12-22-51(50)56(54)45-17-5-2-6-18-45/h2-35H,1H2. The van der Waals surface area contributed by atoms with Crippen LogP contribution in [0.1, 0.15) is 17.5 Å². The fourth-order valence-corrected chi connectivity index (χ4v) is 8.69. The molecule has 1 aliphatic rings. The van der Waals surface area contributed by atoms with Gasteiger partial charge in [-0.05, 0) is 126 Å². The second-order valence-electron chi connectivity index (χ2n) is 14.7. The lowest BCUT2D eigenvalue weighted by Crippen LogP contribution is -1.97. The molecule has 0 amide bonds. The summed E-state index contributed by atoms with van der Waals surface area (Å²) in [5.74, 6) is 0.934. The van der Waals surface area contributed by atoms with Crippen molar-refractivity contribution in [3.05, 3.63) is 205 Å². The molecule has 0 fully saturated rings. The topological polar surface area (TPSA) is 17.8 Å². The average Bonchev–Trinajstić information content (AvgIpc) is 3.49. The van der Waals surface area contributed by atoms with Crippen molar-refractivity contribution in [3.63, 3.8) is 0 Å². The van der Waals surface area contributed by atoms with Crippen LogP contribution in [0.5, 0.6) is 0 Å². The van der Waals surface area contributed by atoms with Crippen molar-refractivity contribution in [2.45, 2.75) is 6.42 Å². The van der Waals surface area contributed by atoms with Gasteiger partial charge in [-0.15, -0.1) is 0 Å². The first-order valence-electron chi connectivity index (χ1n) is 19.4. The summed E-state index contributed by atoms with van der Waals surface area (Å²) in [4.78, 5) is 5.12. The van der Waals surface area contributed by atoms with Crippen molar-refractivity contribution < 1.29 is 0 Å². The van der Waals surface area contributed by atoms with Gasteiger partial charge in [0.2, 0.25) is 0 Å². The molecule has 1 heterocycles. The molecule has 0 atom stereocenters. The molecule has 0 radical (unpaired) electrons. The molecule has 1 aromatic heterocycles. The molecule has 0 saturated heterocycles. The molecule has 1 aliphatic carbocycles. The molecule has 0 unspecified atom stereocenters. The Balaban J connectivity index is 1.12. The number of hydrogen-bond acceptors (Lipinski definition) is 1. The fraction of sp³-hybridized carbons (Fsp3) is 0.0185. The van der Waals surface area contributed by atoms with Crippen molar-refractivity contribution in [3.8, 4) is 50.5 Å². The van der Waals surface area contributed by atoms with E-state index < -0.39 is 0 Å². The van der Waals surface area contributed by atoms with Crippen LogP contribution in [0.2, 0.25) is 0 Å². The highest BCUT2D eigenvalue weighted by Gasteiger charge is 2.19. The number of rotatable bonds is 5. The number of allylic oxidation sites excluding steroid dienone is 2. The first-order chi connectivity index (χ1) is 27.8. The number of nitrogens with zero attached hydrogens (tertiary/aromatic N) is 2. The molecule has 11 rings (SSSR count). The highest BCUT2D eigenvalue weighted by molar-refractivity contribution is 6.22. The normalized spacial score (nSPS) is 12.4. The summed E-state index contributed by atoms with van der Waals surface area (Å²) in [6.07, 6.45) is 9.95. The Bertz CT molecular complexity index is 3200. The summed E-state index contributed by atoms with van der Waals surface area (Å²) in [6, 6.07) is 66.3. The molecule has 9 aromatic carbocycles. The van der Waals surface area contributed by atoms with Gasteiger partial charge < -0.3 is 0 Å². The maximum atomic E-state index is 5.12. The van der Waals surface area contributed by atoms with Gasteiger partial charge in [0.05, 0.1) is 11.0 Å². The molecule has 56 heavy (non-hydrogen) atoms. The SMILES string of the molecule is C1=Cc2ccc(-c3c4ccccc4c(-c4ccc5ccccc5c4)c4ccc(-c5ccc(-c6nc7ccccc7n6-c6ccccc6)cc5)cc34)cc2C=CC1. The van der Waals surface area contributed by atoms with E-state index in [-0.39, 0.29) is 0 Å². The Morgan fingerprint density at radius 3 is 1.84 bits per heavy atom. The van der Waals surface area contributed by atoms with Crippen LogP contribution < -0.4 is 0 Å². The van der Waals surface area contributed by atoms with Crippen molar-refractivity contribution in [2.75, 3.05) is 0 Å². The zero-order chi connectivity index (χ0) is 37.0. The summed E-state index contributed by atoms with van der Waals surface area (Å²) < 4.78 is 2.26. The number of para-hydroxylation sites is 3. The largest absolute Gasteiger partial charge is 0.292 e. The lowest BCUT2D eigenvalue weighted by atomic mass is 9.84. The van der Waals surface area contributed by atoms with Crippen molar-refractivity contribution in [2.24, 2.45) is 0 Å². The van der Waals surface area contributed by atoms with Crippen LogP contribution in [0.25, 0.3) is 106 Å². The Hall–Kier alpha value is -7.29. The number of aromatic nitrogens is 2. The number of hydrogen-bond donors (Lipinski definition) is 0. The van der Waals surface area contributed by atoms with Crippen molar-refractivity contribution in [1.29, 1.82) is 0 Å². The highest BCUT2D eigenvalue weighted by Crippen LogP contribution is 2.46. The monoisotopic (exact) mass is 712 g/mol. The first-order valence-corrected chi connectivity index (χ1v) is 19.4. The Morgan fingerprint density at radius 2 is 1.00 bits per heavy atom. The fourth-order valence-electron chi connectivity index (χ4n) is 8.69. The molecular formula is C54H36N2. The molecule has 0 N–H and O–H groups in total. The van der Waals surface area contributed by atoms with Crippen LogP contribution >= 0.6 is 0 Å². The predicted molar refractivity (Wildman–Crippen MR) is 238 cm³/mol. The Kier molecular flexibility index (Phi) is 7.60. The maximum absolute atomic E-state index is 5.12. The van der Waals surface area contributed by atoms with Gasteiger partial charge in [-0.1, -0.05) is 164 Å². The van der Waals surface area contributed by atoms with Crippen LogP contribution in [-0.2, 0) is 0 Å². The minimum atomic E-state index is 0.934. The summed E-state index contributed by atoms with van der Waals surface area (Å²) >= 11 is 0. The summed E-state index contributed by atoms with van der Waals surface area (Å²) in [7, 11) is 0. The predicted octanol–water partition coefficient (Wildman–Crippen LogP) is 14.6. The third kappa shape index (κ3) is 5.38. The van der Waals surface area contributed by atoms with Crippen LogP contribution in [0.4, 0.5) is 0 Å². The third-order valence-electron chi connectivity index (χ3n) is 11.4. The van der Waals surface area contributed by atoms with E-state index in [0.717, 1.165) is 34.5 Å². The second-order valence-corrected chi connectivity index (χ2v) is 14.7. The Labute approximate surface area is 326 Å². The van der Waals surface area contributed by atoms with Crippen LogP contribution in [0, 0.1) is 0 Å². The van der Waals surface area contributed by atoms with Gasteiger partial charge in [0, 0.05) is 11.3 Å². The second kappa shape index (κ2) is 13.2.